The number of hydrogen-bond acceptors (Lipinski definition) is 5. The number of unbranched alkanes of at least 4 members (excludes halogenated alkanes) is 47. The zero-order valence-corrected chi connectivity index (χ0v) is 47.2. The lowest BCUT2D eigenvalue weighted by Crippen LogP contribution is -2.46. The molecule has 3 unspecified atom stereocenters. The van der Waals surface area contributed by atoms with Crippen LogP contribution in [0.3, 0.4) is 0 Å². The van der Waals surface area contributed by atoms with Crippen LogP contribution < -0.4 is 5.32 Å². The monoisotopic (exact) mass is 976 g/mol. The van der Waals surface area contributed by atoms with E-state index in [0.29, 0.717) is 19.3 Å². The molecule has 3 atom stereocenters. The van der Waals surface area contributed by atoms with Gasteiger partial charge in [0.05, 0.1) is 25.2 Å². The van der Waals surface area contributed by atoms with E-state index in [1.54, 1.807) is 0 Å². The van der Waals surface area contributed by atoms with Gasteiger partial charge in [-0.3, -0.25) is 9.59 Å². The van der Waals surface area contributed by atoms with Gasteiger partial charge in [-0.2, -0.15) is 0 Å². The molecule has 0 aromatic carbocycles. The first kappa shape index (κ1) is 67.9. The van der Waals surface area contributed by atoms with Crippen molar-refractivity contribution in [2.24, 2.45) is 0 Å². The molecular weight excluding hydrogens is 851 g/mol. The quantitative estimate of drug-likeness (QED) is 0.0417. The molecule has 0 heterocycles. The van der Waals surface area contributed by atoms with Crippen LogP contribution in [0, 0.1) is 0 Å². The Hall–Kier alpha value is -1.14. The number of ether oxygens (including phenoxy) is 1. The lowest BCUT2D eigenvalue weighted by Gasteiger charge is -2.24. The second-order valence-corrected chi connectivity index (χ2v) is 22.2. The Balaban J connectivity index is 4.47. The molecule has 0 saturated heterocycles. The Morgan fingerprint density at radius 3 is 0.884 bits per heavy atom. The molecule has 0 radical (unpaired) electrons. The number of aliphatic hydroxyl groups is 2. The van der Waals surface area contributed by atoms with Crippen molar-refractivity contribution in [1.29, 1.82) is 0 Å². The Kier molecular flexibility index (Phi) is 56.8. The van der Waals surface area contributed by atoms with Crippen LogP contribution in [0.5, 0.6) is 0 Å². The minimum atomic E-state index is -0.781. The van der Waals surface area contributed by atoms with Crippen LogP contribution in [0.2, 0.25) is 0 Å². The third-order valence-corrected chi connectivity index (χ3v) is 15.2. The molecule has 0 fully saturated rings. The van der Waals surface area contributed by atoms with Crippen LogP contribution >= 0.6 is 0 Å². The summed E-state index contributed by atoms with van der Waals surface area (Å²) in [6, 6.07) is -0.694. The van der Waals surface area contributed by atoms with E-state index in [-0.39, 0.29) is 24.9 Å². The number of esters is 1. The Morgan fingerprint density at radius 2 is 0.609 bits per heavy atom. The molecule has 69 heavy (non-hydrogen) atoms. The second kappa shape index (κ2) is 57.8. The number of rotatable bonds is 59. The summed E-state index contributed by atoms with van der Waals surface area (Å²) in [5, 5.41) is 24.0. The van der Waals surface area contributed by atoms with E-state index in [9.17, 15) is 19.8 Å². The lowest BCUT2D eigenvalue weighted by atomic mass is 10.0. The predicted octanol–water partition coefficient (Wildman–Crippen LogP) is 19.9. The van der Waals surface area contributed by atoms with Crippen molar-refractivity contribution < 1.29 is 24.5 Å². The average molecular weight is 977 g/mol. The third kappa shape index (κ3) is 53.0. The van der Waals surface area contributed by atoms with E-state index < -0.39 is 18.2 Å². The first-order valence-corrected chi connectivity index (χ1v) is 31.8. The molecule has 0 aromatic rings. The molecule has 0 saturated carbocycles. The van der Waals surface area contributed by atoms with Crippen LogP contribution in [0.25, 0.3) is 0 Å². The molecule has 0 rings (SSSR count). The van der Waals surface area contributed by atoms with Crippen molar-refractivity contribution in [2.75, 3.05) is 6.61 Å². The molecule has 0 aliphatic rings. The fraction of sp³-hybridized carbons (Fsp3) is 0.968. The summed E-state index contributed by atoms with van der Waals surface area (Å²) in [6.45, 7) is 6.56. The number of amides is 1. The van der Waals surface area contributed by atoms with Gasteiger partial charge in [0.2, 0.25) is 5.91 Å². The van der Waals surface area contributed by atoms with Crippen molar-refractivity contribution in [3.05, 3.63) is 0 Å². The SMILES string of the molecule is CCCCCCCCCCCCCCCCCCCC(=O)OC(CCCCCCCCCCCCCCCCCCC)CC(=O)NC(CO)C(O)CCCCCCCCCCCCCCCCCC. The van der Waals surface area contributed by atoms with Gasteiger partial charge in [-0.05, 0) is 25.7 Å². The molecule has 6 heteroatoms. The highest BCUT2D eigenvalue weighted by Crippen LogP contribution is 2.20. The zero-order valence-electron chi connectivity index (χ0n) is 47.2. The molecule has 3 N–H and O–H groups in total. The maximum atomic E-state index is 13.3. The minimum absolute atomic E-state index is 0.0892. The summed E-state index contributed by atoms with van der Waals surface area (Å²) >= 11 is 0. The number of nitrogens with one attached hydrogen (secondary N) is 1. The zero-order chi connectivity index (χ0) is 50.2. The van der Waals surface area contributed by atoms with Crippen molar-refractivity contribution >= 4 is 11.9 Å². The van der Waals surface area contributed by atoms with Crippen LogP contribution in [0.15, 0.2) is 0 Å². The number of aliphatic hydroxyl groups excluding tert-OH is 2. The molecule has 0 aliphatic carbocycles. The average Bonchev–Trinajstić information content (AvgIpc) is 3.34. The largest absolute Gasteiger partial charge is 0.462 e. The number of hydrogen-bond donors (Lipinski definition) is 3. The van der Waals surface area contributed by atoms with E-state index >= 15 is 0 Å². The van der Waals surface area contributed by atoms with E-state index in [4.69, 9.17) is 4.74 Å². The van der Waals surface area contributed by atoms with Crippen molar-refractivity contribution in [3.8, 4) is 0 Å². The molecule has 0 spiro atoms. The summed E-state index contributed by atoms with van der Waals surface area (Å²) in [5.41, 5.74) is 0. The van der Waals surface area contributed by atoms with Crippen LogP contribution in [0.1, 0.15) is 367 Å². The highest BCUT2D eigenvalue weighted by atomic mass is 16.5. The van der Waals surface area contributed by atoms with Gasteiger partial charge in [0.15, 0.2) is 0 Å². The molecule has 1 amide bonds. The summed E-state index contributed by atoms with van der Waals surface area (Å²) < 4.78 is 5.99. The maximum Gasteiger partial charge on any atom is 0.306 e. The Bertz CT molecular complexity index is 1010. The van der Waals surface area contributed by atoms with E-state index in [1.165, 1.54) is 283 Å². The normalized spacial score (nSPS) is 12.9. The predicted molar refractivity (Wildman–Crippen MR) is 301 cm³/mol. The smallest absolute Gasteiger partial charge is 0.306 e. The summed E-state index contributed by atoms with van der Waals surface area (Å²) in [6.07, 6.45) is 66.1. The van der Waals surface area contributed by atoms with Gasteiger partial charge in [-0.25, -0.2) is 0 Å². The molecule has 0 aromatic heterocycles. The third-order valence-electron chi connectivity index (χ3n) is 15.2. The Labute approximate surface area is 432 Å². The topological polar surface area (TPSA) is 95.9 Å². The molecule has 0 bridgehead atoms. The maximum absolute atomic E-state index is 13.3. The standard InChI is InChI=1S/C63H125NO5/c1-4-7-10-13-16-19-22-25-28-31-33-36-39-42-45-48-51-54-59(69-63(68)56-53-50-47-44-41-38-35-32-29-26-23-20-17-14-11-8-5-2)57-62(67)64-60(58-65)61(66)55-52-49-46-43-40-37-34-30-27-24-21-18-15-12-9-6-3/h59-61,65-66H,4-58H2,1-3H3,(H,64,67). The van der Waals surface area contributed by atoms with Gasteiger partial charge in [0.25, 0.3) is 0 Å². The molecule has 412 valence electrons. The first-order valence-electron chi connectivity index (χ1n) is 31.8. The van der Waals surface area contributed by atoms with E-state index in [0.717, 1.165) is 38.5 Å². The fourth-order valence-electron chi connectivity index (χ4n) is 10.4. The fourth-order valence-corrected chi connectivity index (χ4v) is 10.4. The first-order chi connectivity index (χ1) is 34.0. The van der Waals surface area contributed by atoms with Crippen LogP contribution in [0.4, 0.5) is 0 Å². The van der Waals surface area contributed by atoms with Crippen LogP contribution in [-0.2, 0) is 14.3 Å². The molecule has 0 aliphatic heterocycles. The van der Waals surface area contributed by atoms with Crippen LogP contribution in [-0.4, -0.2) is 46.9 Å². The van der Waals surface area contributed by atoms with Gasteiger partial charge < -0.3 is 20.3 Å². The van der Waals surface area contributed by atoms with Gasteiger partial charge >= 0.3 is 5.97 Å². The summed E-state index contributed by atoms with van der Waals surface area (Å²) in [4.78, 5) is 26.4. The van der Waals surface area contributed by atoms with Crippen molar-refractivity contribution in [3.63, 3.8) is 0 Å². The van der Waals surface area contributed by atoms with Gasteiger partial charge in [-0.1, -0.05) is 329 Å². The number of carbonyl (C=O) groups excluding carboxylic acids is 2. The van der Waals surface area contributed by atoms with Crippen molar-refractivity contribution in [1.82, 2.24) is 5.32 Å². The Morgan fingerprint density at radius 1 is 0.362 bits per heavy atom. The van der Waals surface area contributed by atoms with Crippen molar-refractivity contribution in [2.45, 2.75) is 386 Å². The number of carbonyl (C=O) groups is 2. The van der Waals surface area contributed by atoms with E-state index in [2.05, 4.69) is 26.1 Å². The van der Waals surface area contributed by atoms with Gasteiger partial charge in [0, 0.05) is 6.42 Å². The highest BCUT2D eigenvalue weighted by molar-refractivity contribution is 5.77. The molecular formula is C63H125NO5. The summed E-state index contributed by atoms with van der Waals surface area (Å²) in [7, 11) is 0. The van der Waals surface area contributed by atoms with E-state index in [1.807, 2.05) is 0 Å². The summed E-state index contributed by atoms with van der Waals surface area (Å²) in [5.74, 6) is -0.439. The molecule has 6 nitrogen and oxygen atoms in total. The second-order valence-electron chi connectivity index (χ2n) is 22.2. The highest BCUT2D eigenvalue weighted by Gasteiger charge is 2.24. The van der Waals surface area contributed by atoms with Gasteiger partial charge in [-0.15, -0.1) is 0 Å². The lowest BCUT2D eigenvalue weighted by molar-refractivity contribution is -0.151. The minimum Gasteiger partial charge on any atom is -0.462 e. The van der Waals surface area contributed by atoms with Gasteiger partial charge in [0.1, 0.15) is 6.10 Å².